The minimum atomic E-state index is 0.654. The number of thiophene rings is 1. The lowest BCUT2D eigenvalue weighted by atomic mass is 9.76. The Morgan fingerprint density at radius 3 is 2.70 bits per heavy atom. The lowest BCUT2D eigenvalue weighted by molar-refractivity contribution is 0.290. The van der Waals surface area contributed by atoms with E-state index in [-0.39, 0.29) is 0 Å². The van der Waals surface area contributed by atoms with Crippen molar-refractivity contribution in [2.24, 2.45) is 0 Å². The summed E-state index contributed by atoms with van der Waals surface area (Å²) in [6.07, 6.45) is 2.45. The van der Waals surface area contributed by atoms with Crippen molar-refractivity contribution in [3.8, 4) is 0 Å². The third-order valence-corrected chi connectivity index (χ3v) is 5.63. The van der Waals surface area contributed by atoms with Gasteiger partial charge in [-0.25, -0.2) is 0 Å². The van der Waals surface area contributed by atoms with Crippen LogP contribution in [0.4, 0.5) is 0 Å². The van der Waals surface area contributed by atoms with E-state index in [2.05, 4.69) is 43.4 Å². The van der Waals surface area contributed by atoms with Gasteiger partial charge in [-0.3, -0.25) is 0 Å². The molecule has 0 atom stereocenters. The highest BCUT2D eigenvalue weighted by atomic mass is 35.5. The minimum absolute atomic E-state index is 0.654. The standard InChI is InChI=1S/C17H20ClNS/c1-11-6-17(20-12(11)2)10-19-16-8-14(9-16)13-4-3-5-15(18)7-13/h3-7,14,16,19H,8-10H2,1-2H3. The molecule has 106 valence electrons. The molecule has 0 amide bonds. The predicted molar refractivity (Wildman–Crippen MR) is 87.8 cm³/mol. The summed E-state index contributed by atoms with van der Waals surface area (Å²) in [7, 11) is 0. The van der Waals surface area contributed by atoms with E-state index in [1.54, 1.807) is 0 Å². The second kappa shape index (κ2) is 5.88. The van der Waals surface area contributed by atoms with Gasteiger partial charge in [0.25, 0.3) is 0 Å². The quantitative estimate of drug-likeness (QED) is 0.833. The molecule has 3 rings (SSSR count). The average molecular weight is 306 g/mol. The molecule has 1 aromatic carbocycles. The maximum absolute atomic E-state index is 6.05. The van der Waals surface area contributed by atoms with Gasteiger partial charge in [-0.1, -0.05) is 23.7 Å². The number of halogens is 1. The lowest BCUT2D eigenvalue weighted by Crippen LogP contribution is -2.39. The summed E-state index contributed by atoms with van der Waals surface area (Å²) in [5.74, 6) is 0.679. The number of benzene rings is 1. The topological polar surface area (TPSA) is 12.0 Å². The Morgan fingerprint density at radius 2 is 2.05 bits per heavy atom. The smallest absolute Gasteiger partial charge is 0.0408 e. The first-order valence-electron chi connectivity index (χ1n) is 7.16. The van der Waals surface area contributed by atoms with Crippen molar-refractivity contribution in [3.63, 3.8) is 0 Å². The molecule has 0 bridgehead atoms. The Balaban J connectivity index is 1.49. The van der Waals surface area contributed by atoms with Crippen LogP contribution < -0.4 is 5.32 Å². The second-order valence-electron chi connectivity index (χ2n) is 5.75. The normalized spacial score (nSPS) is 21.8. The highest BCUT2D eigenvalue weighted by Gasteiger charge is 2.29. The Kier molecular flexibility index (Phi) is 4.16. The molecule has 1 aliphatic rings. The van der Waals surface area contributed by atoms with Gasteiger partial charge in [0.05, 0.1) is 0 Å². The molecule has 1 fully saturated rings. The first-order chi connectivity index (χ1) is 9.61. The molecular weight excluding hydrogens is 286 g/mol. The third-order valence-electron chi connectivity index (χ3n) is 4.24. The van der Waals surface area contributed by atoms with Crippen LogP contribution in [0.15, 0.2) is 30.3 Å². The van der Waals surface area contributed by atoms with Crippen LogP contribution in [-0.4, -0.2) is 6.04 Å². The van der Waals surface area contributed by atoms with Gasteiger partial charge in [0.1, 0.15) is 0 Å². The summed E-state index contributed by atoms with van der Waals surface area (Å²) in [4.78, 5) is 2.89. The van der Waals surface area contributed by atoms with Gasteiger partial charge < -0.3 is 5.32 Å². The van der Waals surface area contributed by atoms with Crippen LogP contribution in [-0.2, 0) is 6.54 Å². The number of hydrogen-bond donors (Lipinski definition) is 1. The fourth-order valence-corrected chi connectivity index (χ4v) is 4.00. The van der Waals surface area contributed by atoms with Crippen LogP contribution in [0, 0.1) is 13.8 Å². The van der Waals surface area contributed by atoms with Crippen LogP contribution in [0.1, 0.15) is 39.6 Å². The molecule has 1 saturated carbocycles. The molecule has 1 N–H and O–H groups in total. The van der Waals surface area contributed by atoms with Crippen LogP contribution >= 0.6 is 22.9 Å². The zero-order chi connectivity index (χ0) is 14.1. The van der Waals surface area contributed by atoms with E-state index in [4.69, 9.17) is 11.6 Å². The highest BCUT2D eigenvalue weighted by molar-refractivity contribution is 7.12. The average Bonchev–Trinajstić information content (AvgIpc) is 2.67. The van der Waals surface area contributed by atoms with Crippen LogP contribution in [0.25, 0.3) is 0 Å². The largest absolute Gasteiger partial charge is 0.309 e. The van der Waals surface area contributed by atoms with Gasteiger partial charge in [0, 0.05) is 27.4 Å². The summed E-state index contributed by atoms with van der Waals surface area (Å²) >= 11 is 7.96. The van der Waals surface area contributed by atoms with Crippen molar-refractivity contribution in [2.45, 2.75) is 45.2 Å². The molecule has 0 saturated heterocycles. The van der Waals surface area contributed by atoms with E-state index in [1.807, 2.05) is 17.4 Å². The van der Waals surface area contributed by atoms with Crippen molar-refractivity contribution in [2.75, 3.05) is 0 Å². The molecular formula is C17H20ClNS. The summed E-state index contributed by atoms with van der Waals surface area (Å²) < 4.78 is 0. The zero-order valence-electron chi connectivity index (χ0n) is 11.9. The van der Waals surface area contributed by atoms with Crippen LogP contribution in [0.5, 0.6) is 0 Å². The van der Waals surface area contributed by atoms with Gasteiger partial charge in [0.2, 0.25) is 0 Å². The van der Waals surface area contributed by atoms with E-state index in [0.717, 1.165) is 11.6 Å². The van der Waals surface area contributed by atoms with Gasteiger partial charge >= 0.3 is 0 Å². The summed E-state index contributed by atoms with van der Waals surface area (Å²) in [5.41, 5.74) is 2.80. The number of aryl methyl sites for hydroxylation is 2. The van der Waals surface area contributed by atoms with Gasteiger partial charge in [-0.2, -0.15) is 0 Å². The molecule has 1 nitrogen and oxygen atoms in total. The fraction of sp³-hybridized carbons (Fsp3) is 0.412. The number of rotatable bonds is 4. The monoisotopic (exact) mass is 305 g/mol. The molecule has 2 aromatic rings. The van der Waals surface area contributed by atoms with Crippen molar-refractivity contribution < 1.29 is 0 Å². The maximum Gasteiger partial charge on any atom is 0.0408 e. The van der Waals surface area contributed by atoms with Crippen molar-refractivity contribution in [3.05, 3.63) is 56.2 Å². The van der Waals surface area contributed by atoms with Gasteiger partial charge in [-0.15, -0.1) is 11.3 Å². The molecule has 0 unspecified atom stereocenters. The Bertz CT molecular complexity index is 579. The zero-order valence-corrected chi connectivity index (χ0v) is 13.5. The molecule has 20 heavy (non-hydrogen) atoms. The van der Waals surface area contributed by atoms with E-state index < -0.39 is 0 Å². The second-order valence-corrected chi connectivity index (χ2v) is 7.53. The number of hydrogen-bond acceptors (Lipinski definition) is 2. The molecule has 0 spiro atoms. The van der Waals surface area contributed by atoms with Crippen LogP contribution in [0.2, 0.25) is 5.02 Å². The van der Waals surface area contributed by atoms with Crippen LogP contribution in [0.3, 0.4) is 0 Å². The Morgan fingerprint density at radius 1 is 1.25 bits per heavy atom. The first kappa shape index (κ1) is 14.1. The third kappa shape index (κ3) is 3.08. The van der Waals surface area contributed by atoms with E-state index in [1.165, 1.54) is 33.7 Å². The molecule has 3 heteroatoms. The van der Waals surface area contributed by atoms with E-state index >= 15 is 0 Å². The first-order valence-corrected chi connectivity index (χ1v) is 8.36. The molecule has 0 radical (unpaired) electrons. The fourth-order valence-electron chi connectivity index (χ4n) is 2.80. The SMILES string of the molecule is Cc1cc(CNC2CC(c3cccc(Cl)c3)C2)sc1C. The Labute approximate surface area is 130 Å². The minimum Gasteiger partial charge on any atom is -0.309 e. The molecule has 0 aliphatic heterocycles. The van der Waals surface area contributed by atoms with E-state index in [9.17, 15) is 0 Å². The van der Waals surface area contributed by atoms with Crippen molar-refractivity contribution in [1.82, 2.24) is 5.32 Å². The predicted octanol–water partition coefficient (Wildman–Crippen LogP) is 5.05. The van der Waals surface area contributed by atoms with Gasteiger partial charge in [0.15, 0.2) is 0 Å². The summed E-state index contributed by atoms with van der Waals surface area (Å²) in [5, 5.41) is 4.52. The molecule has 1 aromatic heterocycles. The molecule has 1 heterocycles. The van der Waals surface area contributed by atoms with Crippen molar-refractivity contribution >= 4 is 22.9 Å². The highest BCUT2D eigenvalue weighted by Crippen LogP contribution is 2.37. The summed E-state index contributed by atoms with van der Waals surface area (Å²) in [6, 6.07) is 11.3. The maximum atomic E-state index is 6.05. The van der Waals surface area contributed by atoms with Gasteiger partial charge in [-0.05, 0) is 61.9 Å². The van der Waals surface area contributed by atoms with E-state index in [0.29, 0.717) is 12.0 Å². The molecule has 1 aliphatic carbocycles. The Hall–Kier alpha value is -0.830. The van der Waals surface area contributed by atoms with Crippen molar-refractivity contribution in [1.29, 1.82) is 0 Å². The lowest BCUT2D eigenvalue weighted by Gasteiger charge is -2.36. The summed E-state index contributed by atoms with van der Waals surface area (Å²) in [6.45, 7) is 5.39. The number of nitrogens with one attached hydrogen (secondary N) is 1.